The highest BCUT2D eigenvalue weighted by molar-refractivity contribution is 6.33. The van der Waals surface area contributed by atoms with Crippen LogP contribution >= 0.6 is 11.6 Å². The Morgan fingerprint density at radius 3 is 2.41 bits per heavy atom. The fourth-order valence-corrected chi connectivity index (χ4v) is 5.36. The molecule has 1 aromatic heterocycles. The van der Waals surface area contributed by atoms with E-state index in [4.69, 9.17) is 16.6 Å². The van der Waals surface area contributed by atoms with Crippen molar-refractivity contribution in [1.29, 1.82) is 0 Å². The van der Waals surface area contributed by atoms with Gasteiger partial charge in [-0.1, -0.05) is 111 Å². The van der Waals surface area contributed by atoms with Crippen molar-refractivity contribution in [1.82, 2.24) is 4.98 Å². The second-order valence-corrected chi connectivity index (χ2v) is 10.6. The first-order chi connectivity index (χ1) is 19.1. The second-order valence-electron chi connectivity index (χ2n) is 10.2. The van der Waals surface area contributed by atoms with Crippen LogP contribution in [-0.4, -0.2) is 23.5 Å². The summed E-state index contributed by atoms with van der Waals surface area (Å²) in [6.45, 7) is 3.15. The van der Waals surface area contributed by atoms with E-state index in [2.05, 4.69) is 35.8 Å². The molecule has 0 spiro atoms. The van der Waals surface area contributed by atoms with Crippen molar-refractivity contribution in [2.45, 2.75) is 57.9 Å². The van der Waals surface area contributed by atoms with Gasteiger partial charge < -0.3 is 5.32 Å². The molecule has 5 nitrogen and oxygen atoms in total. The van der Waals surface area contributed by atoms with Crippen LogP contribution in [0.1, 0.15) is 60.6 Å². The SMILES string of the molecule is CCCCCCCNc1ccc(CC2Nc3c(Cc4ccccc4)nc(-c4ccccc4)c[n+]3C2=O)cc1Cl. The van der Waals surface area contributed by atoms with E-state index >= 15 is 0 Å². The van der Waals surface area contributed by atoms with E-state index in [0.717, 1.165) is 52.5 Å². The van der Waals surface area contributed by atoms with E-state index in [9.17, 15) is 4.79 Å². The zero-order chi connectivity index (χ0) is 27.0. The average molecular weight is 540 g/mol. The molecule has 1 unspecified atom stereocenters. The van der Waals surface area contributed by atoms with Gasteiger partial charge in [-0.25, -0.2) is 9.78 Å². The minimum absolute atomic E-state index is 0.0179. The number of halogens is 1. The summed E-state index contributed by atoms with van der Waals surface area (Å²) in [5, 5.41) is 7.63. The zero-order valence-corrected chi connectivity index (χ0v) is 23.3. The number of carbonyl (C=O) groups excluding carboxylic acids is 1. The molecule has 0 saturated heterocycles. The topological polar surface area (TPSA) is 57.9 Å². The van der Waals surface area contributed by atoms with Crippen LogP contribution in [0.15, 0.2) is 85.1 Å². The normalized spacial score (nSPS) is 14.2. The lowest BCUT2D eigenvalue weighted by atomic mass is 10.1. The highest BCUT2D eigenvalue weighted by atomic mass is 35.5. The lowest BCUT2D eigenvalue weighted by Crippen LogP contribution is -2.44. The van der Waals surface area contributed by atoms with Crippen LogP contribution in [0.4, 0.5) is 11.5 Å². The quantitative estimate of drug-likeness (QED) is 0.146. The Balaban J connectivity index is 1.33. The zero-order valence-electron chi connectivity index (χ0n) is 22.5. The number of rotatable bonds is 12. The van der Waals surface area contributed by atoms with Gasteiger partial charge in [-0.05, 0) is 29.7 Å². The smallest absolute Gasteiger partial charge is 0.359 e. The second kappa shape index (κ2) is 12.9. The van der Waals surface area contributed by atoms with Crippen molar-refractivity contribution in [2.24, 2.45) is 0 Å². The molecule has 2 N–H and O–H groups in total. The molecule has 0 amide bonds. The molecule has 1 aliphatic heterocycles. The van der Waals surface area contributed by atoms with Crippen molar-refractivity contribution in [2.75, 3.05) is 17.2 Å². The molecule has 4 aromatic rings. The highest BCUT2D eigenvalue weighted by Gasteiger charge is 2.41. The molecule has 0 fully saturated rings. The van der Waals surface area contributed by atoms with Crippen molar-refractivity contribution in [3.8, 4) is 11.3 Å². The lowest BCUT2D eigenvalue weighted by Gasteiger charge is -2.11. The van der Waals surface area contributed by atoms with Gasteiger partial charge in [0.25, 0.3) is 0 Å². The Kier molecular flexibility index (Phi) is 8.89. The van der Waals surface area contributed by atoms with Crippen molar-refractivity contribution in [3.63, 3.8) is 0 Å². The van der Waals surface area contributed by atoms with Crippen LogP contribution in [0.3, 0.4) is 0 Å². The first kappa shape index (κ1) is 26.9. The number of carbonyl (C=O) groups is 1. The van der Waals surface area contributed by atoms with Crippen LogP contribution in [0.2, 0.25) is 5.02 Å². The van der Waals surface area contributed by atoms with Gasteiger partial charge in [0.15, 0.2) is 6.04 Å². The molecule has 0 aliphatic carbocycles. The van der Waals surface area contributed by atoms with E-state index in [1.807, 2.05) is 66.9 Å². The molecule has 0 saturated carbocycles. The largest absolute Gasteiger partial charge is 0.384 e. The number of aromatic nitrogens is 2. The maximum Gasteiger partial charge on any atom is 0.359 e. The predicted octanol–water partition coefficient (Wildman–Crippen LogP) is 7.34. The number of fused-ring (bicyclic) bond motifs is 1. The summed E-state index contributed by atoms with van der Waals surface area (Å²) < 4.78 is 1.74. The summed E-state index contributed by atoms with van der Waals surface area (Å²) >= 11 is 6.62. The molecular formula is C33H36ClN4O+. The lowest BCUT2D eigenvalue weighted by molar-refractivity contribution is -0.552. The standard InChI is InChI=1S/C33H35ClN4O/c1-2-3-4-5-12-19-35-28-18-17-25(20-27(28)34)22-30-33(39)38-23-31(26-15-10-7-11-16-26)36-29(32(38)37-30)21-24-13-8-6-9-14-24/h6-11,13-18,20,23,30,35H,2-5,12,19,21-22H2,1H3/p+1. The molecule has 2 heterocycles. The third kappa shape index (κ3) is 6.66. The number of anilines is 2. The summed E-state index contributed by atoms with van der Waals surface area (Å²) in [5.74, 6) is 0.783. The number of nitrogens with one attached hydrogen (secondary N) is 2. The van der Waals surface area contributed by atoms with E-state index in [1.54, 1.807) is 4.57 Å². The first-order valence-corrected chi connectivity index (χ1v) is 14.4. The molecule has 200 valence electrons. The molecule has 5 rings (SSSR count). The molecule has 6 heteroatoms. The van der Waals surface area contributed by atoms with Gasteiger partial charge in [0.1, 0.15) is 17.6 Å². The summed E-state index contributed by atoms with van der Waals surface area (Å²) in [6.07, 6.45) is 9.23. The van der Waals surface area contributed by atoms with Crippen molar-refractivity contribution in [3.05, 3.63) is 107 Å². The Labute approximate surface area is 236 Å². The van der Waals surface area contributed by atoms with Crippen LogP contribution < -0.4 is 15.2 Å². The van der Waals surface area contributed by atoms with E-state index < -0.39 is 0 Å². The van der Waals surface area contributed by atoms with Gasteiger partial charge in [-0.2, -0.15) is 4.57 Å². The van der Waals surface area contributed by atoms with Crippen molar-refractivity contribution >= 4 is 29.0 Å². The van der Waals surface area contributed by atoms with Crippen molar-refractivity contribution < 1.29 is 9.36 Å². The molecule has 3 aromatic carbocycles. The Morgan fingerprint density at radius 1 is 0.923 bits per heavy atom. The van der Waals surface area contributed by atoms with Gasteiger partial charge in [-0.15, -0.1) is 0 Å². The third-order valence-corrected chi connectivity index (χ3v) is 7.53. The van der Waals surface area contributed by atoms with Crippen LogP contribution in [-0.2, 0) is 12.8 Å². The maximum absolute atomic E-state index is 13.6. The fourth-order valence-electron chi connectivity index (χ4n) is 5.09. The summed E-state index contributed by atoms with van der Waals surface area (Å²) in [6, 6.07) is 25.9. The van der Waals surface area contributed by atoms with Crippen LogP contribution in [0.25, 0.3) is 11.3 Å². The van der Waals surface area contributed by atoms with Gasteiger partial charge in [0.05, 0.1) is 10.7 Å². The number of benzene rings is 3. The van der Waals surface area contributed by atoms with E-state index in [-0.39, 0.29) is 11.9 Å². The Morgan fingerprint density at radius 2 is 1.67 bits per heavy atom. The number of nitrogens with zero attached hydrogens (tertiary/aromatic N) is 2. The predicted molar refractivity (Wildman–Crippen MR) is 160 cm³/mol. The minimum atomic E-state index is -0.388. The summed E-state index contributed by atoms with van der Waals surface area (Å²) in [5.41, 5.74) is 5.74. The van der Waals surface area contributed by atoms with Gasteiger partial charge in [-0.3, -0.25) is 5.32 Å². The number of unbranched alkanes of at least 4 members (excludes halogenated alkanes) is 4. The van der Waals surface area contributed by atoms with Crippen LogP contribution in [0, 0.1) is 0 Å². The van der Waals surface area contributed by atoms with E-state index in [0.29, 0.717) is 17.9 Å². The molecule has 1 aliphatic rings. The highest BCUT2D eigenvalue weighted by Crippen LogP contribution is 2.27. The maximum atomic E-state index is 13.6. The molecule has 1 atom stereocenters. The van der Waals surface area contributed by atoms with Gasteiger partial charge in [0.2, 0.25) is 0 Å². The Bertz CT molecular complexity index is 1410. The molecular weight excluding hydrogens is 504 g/mol. The Hall–Kier alpha value is -3.70. The third-order valence-electron chi connectivity index (χ3n) is 7.22. The first-order valence-electron chi connectivity index (χ1n) is 14.0. The minimum Gasteiger partial charge on any atom is -0.384 e. The van der Waals surface area contributed by atoms with Gasteiger partial charge >= 0.3 is 11.7 Å². The van der Waals surface area contributed by atoms with E-state index in [1.165, 1.54) is 25.7 Å². The average Bonchev–Trinajstić information content (AvgIpc) is 3.27. The van der Waals surface area contributed by atoms with Gasteiger partial charge in [0, 0.05) is 24.9 Å². The summed E-state index contributed by atoms with van der Waals surface area (Å²) in [7, 11) is 0. The molecule has 39 heavy (non-hydrogen) atoms. The number of hydrogen-bond acceptors (Lipinski definition) is 4. The molecule has 0 bridgehead atoms. The molecule has 0 radical (unpaired) electrons. The summed E-state index contributed by atoms with van der Waals surface area (Å²) in [4.78, 5) is 18.6. The van der Waals surface area contributed by atoms with Crippen LogP contribution in [0.5, 0.6) is 0 Å². The monoisotopic (exact) mass is 539 g/mol. The number of hydrogen-bond donors (Lipinski definition) is 2. The fraction of sp³-hybridized carbons (Fsp3) is 0.303.